The van der Waals surface area contributed by atoms with Crippen LogP contribution in [0.15, 0.2) is 16.7 Å². The molecule has 0 amide bonds. The quantitative estimate of drug-likeness (QED) is 0.541. The van der Waals surface area contributed by atoms with Gasteiger partial charge >= 0.3 is 0 Å². The molecule has 24 heavy (non-hydrogen) atoms. The molecule has 2 aliphatic heterocycles. The first-order valence-corrected chi connectivity index (χ1v) is 10.5. The van der Waals surface area contributed by atoms with Crippen LogP contribution in [0.5, 0.6) is 0 Å². The van der Waals surface area contributed by atoms with Gasteiger partial charge < -0.3 is 4.90 Å². The van der Waals surface area contributed by atoms with Gasteiger partial charge in [-0.05, 0) is 28.8 Å². The average molecular weight is 419 g/mol. The number of pyridine rings is 1. The number of aromatic nitrogens is 1. The van der Waals surface area contributed by atoms with E-state index in [2.05, 4.69) is 30.7 Å². The summed E-state index contributed by atoms with van der Waals surface area (Å²) in [5, 5.41) is 10.8. The number of hydrogen-bond acceptors (Lipinski definition) is 7. The van der Waals surface area contributed by atoms with Crippen LogP contribution in [-0.2, 0) is 9.84 Å². The normalized spacial score (nSPS) is 22.5. The smallest absolute Gasteiger partial charge is 0.288 e. The Kier molecular flexibility index (Phi) is 5.07. The highest BCUT2D eigenvalue weighted by Crippen LogP contribution is 2.30. The van der Waals surface area contributed by atoms with Gasteiger partial charge in [0.05, 0.1) is 20.9 Å². The van der Waals surface area contributed by atoms with Gasteiger partial charge in [-0.15, -0.1) is 0 Å². The second-order valence-electron chi connectivity index (χ2n) is 6.16. The molecule has 0 saturated carbocycles. The van der Waals surface area contributed by atoms with Crippen LogP contribution in [0.3, 0.4) is 0 Å². The van der Waals surface area contributed by atoms with Crippen molar-refractivity contribution in [1.29, 1.82) is 0 Å². The summed E-state index contributed by atoms with van der Waals surface area (Å²) in [6.07, 6.45) is 3.15. The molecule has 2 aliphatic rings. The van der Waals surface area contributed by atoms with E-state index in [-0.39, 0.29) is 17.2 Å². The SMILES string of the molecule is O=[N+]([O-])c1cnc(N2CCC(N3CCS(=O)(=O)CC3)CC2)c(Br)c1. The zero-order chi connectivity index (χ0) is 17.3. The van der Waals surface area contributed by atoms with E-state index < -0.39 is 14.8 Å². The van der Waals surface area contributed by atoms with Crippen molar-refractivity contribution >= 4 is 37.3 Å². The molecule has 3 heterocycles. The topological polar surface area (TPSA) is 96.7 Å². The first-order valence-electron chi connectivity index (χ1n) is 7.85. The number of nitro groups is 1. The molecular weight excluding hydrogens is 400 g/mol. The molecule has 0 aromatic carbocycles. The Balaban J connectivity index is 1.60. The summed E-state index contributed by atoms with van der Waals surface area (Å²) in [5.74, 6) is 1.23. The predicted octanol–water partition coefficient (Wildman–Crippen LogP) is 1.45. The molecule has 3 rings (SSSR count). The van der Waals surface area contributed by atoms with Crippen LogP contribution in [0.25, 0.3) is 0 Å². The lowest BCUT2D eigenvalue weighted by atomic mass is 10.0. The van der Waals surface area contributed by atoms with Crippen LogP contribution in [0, 0.1) is 10.1 Å². The molecule has 0 atom stereocenters. The van der Waals surface area contributed by atoms with Crippen LogP contribution < -0.4 is 4.90 Å². The van der Waals surface area contributed by atoms with Gasteiger partial charge in [0.25, 0.3) is 5.69 Å². The first kappa shape index (κ1) is 17.6. The highest BCUT2D eigenvalue weighted by molar-refractivity contribution is 9.10. The third kappa shape index (κ3) is 3.86. The monoisotopic (exact) mass is 418 g/mol. The maximum atomic E-state index is 11.5. The van der Waals surface area contributed by atoms with Gasteiger partial charge in [0.1, 0.15) is 12.0 Å². The summed E-state index contributed by atoms with van der Waals surface area (Å²) in [7, 11) is -2.85. The molecule has 0 unspecified atom stereocenters. The minimum atomic E-state index is -2.85. The summed E-state index contributed by atoms with van der Waals surface area (Å²) in [6, 6.07) is 1.87. The number of hydrogen-bond donors (Lipinski definition) is 0. The molecule has 0 spiro atoms. The minimum Gasteiger partial charge on any atom is -0.356 e. The van der Waals surface area contributed by atoms with E-state index in [0.717, 1.165) is 31.7 Å². The molecule has 10 heteroatoms. The van der Waals surface area contributed by atoms with Gasteiger partial charge in [-0.25, -0.2) is 13.4 Å². The number of anilines is 1. The Morgan fingerprint density at radius 3 is 2.38 bits per heavy atom. The Morgan fingerprint density at radius 1 is 1.21 bits per heavy atom. The molecule has 1 aromatic heterocycles. The van der Waals surface area contributed by atoms with Gasteiger partial charge in [-0.1, -0.05) is 0 Å². The van der Waals surface area contributed by atoms with E-state index in [0.29, 0.717) is 23.6 Å². The lowest BCUT2D eigenvalue weighted by Gasteiger charge is -2.40. The van der Waals surface area contributed by atoms with Crippen LogP contribution in [0.1, 0.15) is 12.8 Å². The predicted molar refractivity (Wildman–Crippen MR) is 94.1 cm³/mol. The van der Waals surface area contributed by atoms with Gasteiger partial charge in [0.2, 0.25) is 0 Å². The second-order valence-corrected chi connectivity index (χ2v) is 9.32. The van der Waals surface area contributed by atoms with Gasteiger partial charge in [-0.3, -0.25) is 15.0 Å². The van der Waals surface area contributed by atoms with E-state index in [1.165, 1.54) is 12.3 Å². The van der Waals surface area contributed by atoms with Gasteiger partial charge in [0, 0.05) is 38.3 Å². The maximum Gasteiger partial charge on any atom is 0.288 e. The highest BCUT2D eigenvalue weighted by Gasteiger charge is 2.30. The van der Waals surface area contributed by atoms with E-state index >= 15 is 0 Å². The van der Waals surface area contributed by atoms with Crippen molar-refractivity contribution in [3.05, 3.63) is 26.9 Å². The zero-order valence-corrected chi connectivity index (χ0v) is 15.5. The van der Waals surface area contributed by atoms with E-state index in [9.17, 15) is 18.5 Å². The Bertz CT molecular complexity index is 720. The standard InChI is InChI=1S/C14H19BrN4O4S/c15-13-9-12(19(20)21)10-16-14(13)18-3-1-11(2-4-18)17-5-7-24(22,23)8-6-17/h9-11H,1-8H2. The van der Waals surface area contributed by atoms with Crippen LogP contribution in [-0.4, -0.2) is 67.0 Å². The maximum absolute atomic E-state index is 11.5. The molecular formula is C14H19BrN4O4S. The minimum absolute atomic E-state index is 0.0324. The number of sulfone groups is 1. The number of nitrogens with zero attached hydrogens (tertiary/aromatic N) is 4. The summed E-state index contributed by atoms with van der Waals surface area (Å²) in [4.78, 5) is 18.9. The van der Waals surface area contributed by atoms with Crippen molar-refractivity contribution in [2.24, 2.45) is 0 Å². The van der Waals surface area contributed by atoms with Crippen molar-refractivity contribution in [3.8, 4) is 0 Å². The molecule has 1 aromatic rings. The van der Waals surface area contributed by atoms with Crippen molar-refractivity contribution in [2.75, 3.05) is 42.6 Å². The lowest BCUT2D eigenvalue weighted by Crippen LogP contribution is -2.50. The fourth-order valence-electron chi connectivity index (χ4n) is 3.29. The molecule has 0 radical (unpaired) electrons. The first-order chi connectivity index (χ1) is 11.4. The molecule has 8 nitrogen and oxygen atoms in total. The largest absolute Gasteiger partial charge is 0.356 e. The summed E-state index contributed by atoms with van der Waals surface area (Å²) >= 11 is 3.37. The molecule has 2 saturated heterocycles. The van der Waals surface area contributed by atoms with Crippen molar-refractivity contribution in [3.63, 3.8) is 0 Å². The van der Waals surface area contributed by atoms with Crippen molar-refractivity contribution < 1.29 is 13.3 Å². The van der Waals surface area contributed by atoms with Gasteiger partial charge in [-0.2, -0.15) is 0 Å². The van der Waals surface area contributed by atoms with E-state index in [4.69, 9.17) is 0 Å². The van der Waals surface area contributed by atoms with Crippen LogP contribution in [0.4, 0.5) is 11.5 Å². The third-order valence-electron chi connectivity index (χ3n) is 4.68. The second kappa shape index (κ2) is 6.93. The van der Waals surface area contributed by atoms with Crippen molar-refractivity contribution in [1.82, 2.24) is 9.88 Å². The van der Waals surface area contributed by atoms with Crippen LogP contribution in [0.2, 0.25) is 0 Å². The molecule has 132 valence electrons. The Labute approximate surface area is 149 Å². The summed E-state index contributed by atoms with van der Waals surface area (Å²) in [6.45, 7) is 2.84. The lowest BCUT2D eigenvalue weighted by molar-refractivity contribution is -0.385. The molecule has 0 N–H and O–H groups in total. The fourth-order valence-corrected chi connectivity index (χ4v) is 5.10. The summed E-state index contributed by atoms with van der Waals surface area (Å²) in [5.41, 5.74) is -0.0324. The summed E-state index contributed by atoms with van der Waals surface area (Å²) < 4.78 is 23.7. The van der Waals surface area contributed by atoms with Crippen molar-refractivity contribution in [2.45, 2.75) is 18.9 Å². The zero-order valence-electron chi connectivity index (χ0n) is 13.1. The average Bonchev–Trinajstić information content (AvgIpc) is 2.55. The molecule has 0 bridgehead atoms. The van der Waals surface area contributed by atoms with E-state index in [1.54, 1.807) is 0 Å². The number of piperidine rings is 1. The van der Waals surface area contributed by atoms with Crippen LogP contribution >= 0.6 is 15.9 Å². The fraction of sp³-hybridized carbons (Fsp3) is 0.643. The highest BCUT2D eigenvalue weighted by atomic mass is 79.9. The Hall–Kier alpha value is -1.26. The van der Waals surface area contributed by atoms with Gasteiger partial charge in [0.15, 0.2) is 9.84 Å². The number of rotatable bonds is 3. The Morgan fingerprint density at radius 2 is 1.83 bits per heavy atom. The third-order valence-corrected chi connectivity index (χ3v) is 6.87. The molecule has 2 fully saturated rings. The molecule has 0 aliphatic carbocycles. The van der Waals surface area contributed by atoms with E-state index in [1.807, 2.05) is 0 Å². The number of halogens is 1.